The van der Waals surface area contributed by atoms with Gasteiger partial charge >= 0.3 is 12.1 Å². The first kappa shape index (κ1) is 76.5. The van der Waals surface area contributed by atoms with Gasteiger partial charge in [0.1, 0.15) is 18.7 Å². The molecule has 0 bridgehead atoms. The number of Topliss-reactive ketones (excluding diaryl/α,β-unsaturated/α-hetero) is 1. The number of rotatable bonds is 39. The molecule has 1 heterocycles. The average molecular weight is 1250 g/mol. The van der Waals surface area contributed by atoms with E-state index in [1.54, 1.807) is 80.9 Å². The number of aliphatic hydroxyl groups excluding tert-OH is 1. The van der Waals surface area contributed by atoms with Crippen molar-refractivity contribution >= 4 is 59.0 Å². The van der Waals surface area contributed by atoms with Gasteiger partial charge in [0.15, 0.2) is 5.78 Å². The Hall–Kier alpha value is -6.73. The number of nitrogens with two attached hydrogens (primary N) is 2. The fraction of sp³-hybridized carbons (Fsp3) is 0.677. The van der Waals surface area contributed by atoms with Crippen LogP contribution in [0.1, 0.15) is 157 Å². The molecule has 1 aliphatic rings. The number of likely N-dealkylation sites (N-methyl/N-ethyl adjacent to an activating group) is 2. The number of aliphatic hydroxyl groups is 1. The van der Waals surface area contributed by atoms with Crippen molar-refractivity contribution in [1.29, 1.82) is 0 Å². The standard InChI is InChI=1S/C65H106N10O14/c1-15-42(8)57(51(86-13)37-53(78)75-34-23-27-49(75)59(87-14)43(9)60(80)69-44(10)58(79)46-24-18-16-19-25-46)73(11)63(83)55(40(4)5)72-62(82)56(41(6)7)74(12)65(85)88-38-45-29-31-48(32-30-45)70-61(81)47(26-22-33-68-64(66)84)36-50(76)54(39(2)3)71-52(77)28-20-17-21-35-89-67/h16,18-19,24-25,29-32,39-44,47,49,51,54-59,79H,15,17,20-23,26-28,33-38,67H2,1-14H3,(H,69,80)(H,70,81)(H,71,77)(H,72,82)(H3,66,68,84)/t42?,43-,44-,47-,49+,51-,54+,55+,56+,57+,58-,59-/m1/s1. The zero-order valence-corrected chi connectivity index (χ0v) is 55.2. The molecule has 0 radical (unpaired) electrons. The summed E-state index contributed by atoms with van der Waals surface area (Å²) in [4.78, 5) is 132. The molecular weight excluding hydrogens is 1140 g/mol. The third-order valence-electron chi connectivity index (χ3n) is 17.0. The van der Waals surface area contributed by atoms with Gasteiger partial charge < -0.3 is 66.3 Å². The van der Waals surface area contributed by atoms with Crippen LogP contribution < -0.4 is 38.2 Å². The van der Waals surface area contributed by atoms with Gasteiger partial charge in [-0.2, -0.15) is 0 Å². The lowest BCUT2D eigenvalue weighted by Crippen LogP contribution is -2.60. The number of nitrogens with zero attached hydrogens (tertiary/aromatic N) is 3. The lowest BCUT2D eigenvalue weighted by atomic mass is 9.89. The SMILES string of the molecule is CCC(C)[C@@H]([C@@H](CC(=O)N1CCC[C@H]1[C@H](OC)[C@@H](C)C(=O)N[C@H](C)[C@@H](O)c1ccccc1)OC)N(C)C(=O)[C@@H](NC(=O)[C@H](C(C)C)N(C)C(=O)OCc1ccc(NC(=O)[C@H](CCCNC(N)=O)CC(=O)[C@@H](NC(=O)CCCCCON)C(C)C)cc1)C(C)C. The average Bonchev–Trinajstić information content (AvgIpc) is 4.10. The van der Waals surface area contributed by atoms with E-state index in [4.69, 9.17) is 25.8 Å². The first-order valence-electron chi connectivity index (χ1n) is 31.6. The number of carbonyl (C=O) groups excluding carboxylic acids is 9. The Balaban J connectivity index is 1.70. The van der Waals surface area contributed by atoms with E-state index in [-0.39, 0.29) is 74.2 Å². The topological polar surface area (TPSA) is 333 Å². The van der Waals surface area contributed by atoms with Crippen LogP contribution >= 0.6 is 0 Å². The Morgan fingerprint density at radius 3 is 1.97 bits per heavy atom. The van der Waals surface area contributed by atoms with Crippen LogP contribution in [0, 0.1) is 35.5 Å². The van der Waals surface area contributed by atoms with E-state index in [0.29, 0.717) is 68.5 Å². The molecule has 1 fully saturated rings. The fourth-order valence-electron chi connectivity index (χ4n) is 11.6. The van der Waals surface area contributed by atoms with E-state index in [1.165, 1.54) is 26.2 Å². The molecule has 1 unspecified atom stereocenters. The van der Waals surface area contributed by atoms with E-state index in [1.807, 2.05) is 59.7 Å². The first-order valence-corrected chi connectivity index (χ1v) is 31.6. The third kappa shape index (κ3) is 23.9. The van der Waals surface area contributed by atoms with Gasteiger partial charge in [0.2, 0.25) is 35.4 Å². The molecule has 9 amide bonds. The van der Waals surface area contributed by atoms with Crippen molar-refractivity contribution in [3.63, 3.8) is 0 Å². The zero-order chi connectivity index (χ0) is 66.7. The monoisotopic (exact) mass is 1250 g/mol. The largest absolute Gasteiger partial charge is 0.445 e. The lowest BCUT2D eigenvalue weighted by Gasteiger charge is -2.41. The highest BCUT2D eigenvalue weighted by Gasteiger charge is 2.44. The van der Waals surface area contributed by atoms with Crippen molar-refractivity contribution in [2.24, 2.45) is 47.1 Å². The molecule has 24 nitrogen and oxygen atoms in total. The summed E-state index contributed by atoms with van der Waals surface area (Å²) in [6, 6.07) is 10.3. The van der Waals surface area contributed by atoms with E-state index in [9.17, 15) is 48.3 Å². The number of unbranched alkanes of at least 4 members (excludes halogenated alkanes) is 2. The molecule has 3 rings (SSSR count). The smallest absolute Gasteiger partial charge is 0.410 e. The van der Waals surface area contributed by atoms with Crippen molar-refractivity contribution in [2.75, 3.05) is 53.3 Å². The van der Waals surface area contributed by atoms with Crippen LogP contribution in [-0.4, -0.2) is 170 Å². The van der Waals surface area contributed by atoms with E-state index in [2.05, 4.69) is 31.4 Å². The first-order chi connectivity index (χ1) is 42.1. The van der Waals surface area contributed by atoms with E-state index >= 15 is 0 Å². The van der Waals surface area contributed by atoms with E-state index in [0.717, 1.165) is 6.42 Å². The number of ether oxygens (including phenoxy) is 3. The van der Waals surface area contributed by atoms with Crippen molar-refractivity contribution in [2.45, 2.75) is 201 Å². The number of urea groups is 1. The maximum atomic E-state index is 14.8. The van der Waals surface area contributed by atoms with Crippen molar-refractivity contribution in [3.05, 3.63) is 65.7 Å². The summed E-state index contributed by atoms with van der Waals surface area (Å²) in [7, 11) is 6.11. The van der Waals surface area contributed by atoms with Gasteiger partial charge in [0.05, 0.1) is 61.4 Å². The molecular formula is C65H106N10O14. The van der Waals surface area contributed by atoms with Crippen molar-refractivity contribution < 1.29 is 67.3 Å². The summed E-state index contributed by atoms with van der Waals surface area (Å²) in [5.41, 5.74) is 6.87. The number of primary amides is 1. The number of benzene rings is 2. The Kier molecular flexibility index (Phi) is 33.3. The van der Waals surface area contributed by atoms with Crippen molar-refractivity contribution in [3.8, 4) is 0 Å². The number of anilines is 1. The van der Waals surface area contributed by atoms with Gasteiger partial charge in [-0.15, -0.1) is 0 Å². The molecule has 12 atom stereocenters. The minimum atomic E-state index is -1.07. The van der Waals surface area contributed by atoms with Crippen LogP contribution in [0.25, 0.3) is 0 Å². The molecule has 24 heteroatoms. The number of ketones is 1. The third-order valence-corrected chi connectivity index (χ3v) is 17.0. The van der Waals surface area contributed by atoms with Crippen LogP contribution in [0.3, 0.4) is 0 Å². The predicted octanol–water partition coefficient (Wildman–Crippen LogP) is 6.13. The summed E-state index contributed by atoms with van der Waals surface area (Å²) in [5, 5.41) is 25.0. The highest BCUT2D eigenvalue weighted by atomic mass is 16.6. The molecule has 500 valence electrons. The van der Waals surface area contributed by atoms with Gasteiger partial charge in [-0.3, -0.25) is 38.5 Å². The summed E-state index contributed by atoms with van der Waals surface area (Å²) in [5.74, 6) is -0.250. The molecule has 0 saturated carbocycles. The molecule has 10 N–H and O–H groups in total. The highest BCUT2D eigenvalue weighted by Crippen LogP contribution is 2.31. The normalized spacial score (nSPS) is 17.0. The minimum Gasteiger partial charge on any atom is -0.445 e. The van der Waals surface area contributed by atoms with Gasteiger partial charge in [-0.1, -0.05) is 118 Å². The summed E-state index contributed by atoms with van der Waals surface area (Å²) < 4.78 is 17.8. The molecule has 2 aromatic carbocycles. The number of hydrogen-bond acceptors (Lipinski definition) is 15. The van der Waals surface area contributed by atoms with Crippen molar-refractivity contribution in [1.82, 2.24) is 36.0 Å². The van der Waals surface area contributed by atoms with Gasteiger partial charge in [0, 0.05) is 65.9 Å². The molecule has 0 aliphatic carbocycles. The van der Waals surface area contributed by atoms with Gasteiger partial charge in [0.25, 0.3) is 0 Å². The molecule has 1 saturated heterocycles. The van der Waals surface area contributed by atoms with Crippen LogP contribution in [0.15, 0.2) is 54.6 Å². The molecule has 0 aromatic heterocycles. The number of nitrogens with one attached hydrogen (secondary N) is 5. The summed E-state index contributed by atoms with van der Waals surface area (Å²) in [6.45, 7) is 19.0. The fourth-order valence-corrected chi connectivity index (χ4v) is 11.6. The highest BCUT2D eigenvalue weighted by molar-refractivity contribution is 5.97. The number of likely N-dealkylation sites (tertiary alicyclic amines) is 1. The van der Waals surface area contributed by atoms with Gasteiger partial charge in [-0.25, -0.2) is 15.5 Å². The molecule has 0 spiro atoms. The van der Waals surface area contributed by atoms with Crippen LogP contribution in [0.2, 0.25) is 0 Å². The second-order valence-corrected chi connectivity index (χ2v) is 24.8. The number of amides is 9. The molecule has 89 heavy (non-hydrogen) atoms. The lowest BCUT2D eigenvalue weighted by molar-refractivity contribution is -0.148. The maximum Gasteiger partial charge on any atom is 0.410 e. The molecule has 2 aromatic rings. The number of carbonyl (C=O) groups is 9. The van der Waals surface area contributed by atoms with Crippen LogP contribution in [0.5, 0.6) is 0 Å². The maximum absolute atomic E-state index is 14.8. The number of hydrogen-bond donors (Lipinski definition) is 8. The number of methoxy groups -OCH3 is 2. The quantitative estimate of drug-likeness (QED) is 0.0276. The Morgan fingerprint density at radius 2 is 1.39 bits per heavy atom. The minimum absolute atomic E-state index is 0.0828. The Bertz CT molecular complexity index is 2560. The summed E-state index contributed by atoms with van der Waals surface area (Å²) >= 11 is 0. The molecule has 1 aliphatic heterocycles. The zero-order valence-electron chi connectivity index (χ0n) is 55.2. The Morgan fingerprint density at radius 1 is 0.742 bits per heavy atom. The summed E-state index contributed by atoms with van der Waals surface area (Å²) in [6.07, 6.45) is 1.29. The van der Waals surface area contributed by atoms with Gasteiger partial charge in [-0.05, 0) is 92.4 Å². The van der Waals surface area contributed by atoms with E-state index < -0.39 is 108 Å². The Labute approximate surface area is 527 Å². The van der Waals surface area contributed by atoms with Crippen LogP contribution in [-0.2, 0) is 59.2 Å². The second kappa shape index (κ2) is 38.7. The second-order valence-electron chi connectivity index (χ2n) is 24.8. The predicted molar refractivity (Wildman–Crippen MR) is 339 cm³/mol. The van der Waals surface area contributed by atoms with Crippen LogP contribution in [0.4, 0.5) is 15.3 Å².